The maximum atomic E-state index is 12.4. The predicted molar refractivity (Wildman–Crippen MR) is 79.9 cm³/mol. The summed E-state index contributed by atoms with van der Waals surface area (Å²) in [6.45, 7) is -0.00432. The molecular formula is C16H8O7. The van der Waals surface area contributed by atoms with Crippen molar-refractivity contribution >= 4 is 32.7 Å². The van der Waals surface area contributed by atoms with Crippen LogP contribution in [-0.2, 0) is 0 Å². The third-order valence-electron chi connectivity index (χ3n) is 4.04. The van der Waals surface area contributed by atoms with Gasteiger partial charge in [-0.1, -0.05) is 0 Å². The zero-order chi connectivity index (χ0) is 15.7. The van der Waals surface area contributed by atoms with E-state index in [0.717, 1.165) is 0 Å². The van der Waals surface area contributed by atoms with Crippen LogP contribution < -0.4 is 25.5 Å². The van der Waals surface area contributed by atoms with Crippen molar-refractivity contribution in [3.05, 3.63) is 39.0 Å². The molecule has 1 aliphatic heterocycles. The molecule has 3 heterocycles. The fourth-order valence-corrected chi connectivity index (χ4v) is 3.06. The third-order valence-corrected chi connectivity index (χ3v) is 4.04. The molecule has 0 bridgehead atoms. The van der Waals surface area contributed by atoms with E-state index in [-0.39, 0.29) is 23.3 Å². The molecule has 0 saturated carbocycles. The molecule has 23 heavy (non-hydrogen) atoms. The summed E-state index contributed by atoms with van der Waals surface area (Å²) in [5, 5.41) is 1.51. The Morgan fingerprint density at radius 3 is 2.52 bits per heavy atom. The third kappa shape index (κ3) is 1.39. The molecule has 0 atom stereocenters. The zero-order valence-electron chi connectivity index (χ0n) is 11.8. The molecule has 114 valence electrons. The van der Waals surface area contributed by atoms with E-state index in [2.05, 4.69) is 0 Å². The Bertz CT molecular complexity index is 1210. The first-order valence-electron chi connectivity index (χ1n) is 6.81. The summed E-state index contributed by atoms with van der Waals surface area (Å²) < 4.78 is 26.7. The van der Waals surface area contributed by atoms with Crippen LogP contribution in [0.5, 0.6) is 17.2 Å². The maximum absolute atomic E-state index is 12.4. The molecule has 0 unspecified atom stereocenters. The molecule has 7 heteroatoms. The quantitative estimate of drug-likeness (QED) is 0.393. The molecule has 7 nitrogen and oxygen atoms in total. The molecule has 0 fully saturated rings. The van der Waals surface area contributed by atoms with Gasteiger partial charge in [-0.3, -0.25) is 0 Å². The van der Waals surface area contributed by atoms with Gasteiger partial charge in [0.15, 0.2) is 22.7 Å². The fourth-order valence-electron chi connectivity index (χ4n) is 3.06. The average Bonchev–Trinajstić information content (AvgIpc) is 3.02. The second kappa shape index (κ2) is 3.95. The zero-order valence-corrected chi connectivity index (χ0v) is 11.8. The molecule has 1 aliphatic rings. The monoisotopic (exact) mass is 312 g/mol. The number of fused-ring (bicyclic) bond motifs is 2. The summed E-state index contributed by atoms with van der Waals surface area (Å²) >= 11 is 0. The average molecular weight is 312 g/mol. The van der Waals surface area contributed by atoms with Crippen LogP contribution in [0, 0.1) is 0 Å². The molecule has 4 aromatic rings. The highest BCUT2D eigenvalue weighted by atomic mass is 16.7. The lowest BCUT2D eigenvalue weighted by atomic mass is 10.0. The van der Waals surface area contributed by atoms with Crippen molar-refractivity contribution in [1.29, 1.82) is 0 Å². The van der Waals surface area contributed by atoms with Crippen molar-refractivity contribution in [1.82, 2.24) is 0 Å². The summed E-state index contributed by atoms with van der Waals surface area (Å²) in [4.78, 5) is 24.7. The number of hydrogen-bond acceptors (Lipinski definition) is 7. The first kappa shape index (κ1) is 12.3. The van der Waals surface area contributed by atoms with E-state index in [1.807, 2.05) is 0 Å². The second-order valence-corrected chi connectivity index (χ2v) is 5.16. The Labute approximate surface area is 126 Å². The lowest BCUT2D eigenvalue weighted by Crippen LogP contribution is -2.07. The van der Waals surface area contributed by atoms with Crippen LogP contribution in [0.15, 0.2) is 36.6 Å². The molecule has 5 rings (SSSR count). The summed E-state index contributed by atoms with van der Waals surface area (Å²) in [6, 6.07) is 4.68. The summed E-state index contributed by atoms with van der Waals surface area (Å²) in [7, 11) is 1.46. The number of hydrogen-bond donors (Lipinski definition) is 0. The minimum Gasteiger partial charge on any atom is -0.493 e. The van der Waals surface area contributed by atoms with Crippen LogP contribution in [0.3, 0.4) is 0 Å². The van der Waals surface area contributed by atoms with Crippen LogP contribution in [0.2, 0.25) is 0 Å². The van der Waals surface area contributed by atoms with Crippen molar-refractivity contribution in [2.75, 3.05) is 13.9 Å². The smallest absolute Gasteiger partial charge is 0.344 e. The van der Waals surface area contributed by atoms with Crippen molar-refractivity contribution in [2.24, 2.45) is 0 Å². The van der Waals surface area contributed by atoms with Crippen LogP contribution >= 0.6 is 0 Å². The predicted octanol–water partition coefficient (Wildman–Crippen LogP) is 2.23. The Morgan fingerprint density at radius 2 is 1.70 bits per heavy atom. The first-order chi connectivity index (χ1) is 11.2. The summed E-state index contributed by atoms with van der Waals surface area (Å²) in [6.07, 6.45) is 0. The van der Waals surface area contributed by atoms with Gasteiger partial charge in [0.2, 0.25) is 12.5 Å². The Kier molecular flexibility index (Phi) is 2.12. The van der Waals surface area contributed by atoms with Crippen molar-refractivity contribution in [2.45, 2.75) is 0 Å². The van der Waals surface area contributed by atoms with Gasteiger partial charge in [0.1, 0.15) is 0 Å². The molecule has 2 aromatic carbocycles. The molecule has 0 radical (unpaired) electrons. The number of methoxy groups -OCH3 is 1. The molecule has 0 amide bonds. The van der Waals surface area contributed by atoms with Gasteiger partial charge >= 0.3 is 11.3 Å². The Balaban J connectivity index is 2.21. The van der Waals surface area contributed by atoms with Gasteiger partial charge in [-0.25, -0.2) is 9.59 Å². The first-order valence-corrected chi connectivity index (χ1v) is 6.81. The molecule has 0 saturated heterocycles. The van der Waals surface area contributed by atoms with Crippen molar-refractivity contribution < 1.29 is 23.0 Å². The van der Waals surface area contributed by atoms with Gasteiger partial charge in [-0.05, 0) is 18.2 Å². The van der Waals surface area contributed by atoms with Gasteiger partial charge in [-0.2, -0.15) is 0 Å². The van der Waals surface area contributed by atoms with Crippen molar-refractivity contribution in [3.8, 4) is 17.2 Å². The number of benzene rings is 2. The molecule has 2 aromatic heterocycles. The SMILES string of the molecule is COc1ccc2c(=O)oc3c4c(cc5c(=O)oc1c2c35)OCO4. The summed E-state index contributed by atoms with van der Waals surface area (Å²) in [5.74, 6) is 1.02. The van der Waals surface area contributed by atoms with E-state index >= 15 is 0 Å². The highest BCUT2D eigenvalue weighted by Gasteiger charge is 2.27. The van der Waals surface area contributed by atoms with E-state index in [1.54, 1.807) is 12.1 Å². The molecule has 0 N–H and O–H groups in total. The minimum absolute atomic E-state index is 0.00432. The second-order valence-electron chi connectivity index (χ2n) is 5.16. The van der Waals surface area contributed by atoms with E-state index < -0.39 is 11.3 Å². The highest BCUT2D eigenvalue weighted by Crippen LogP contribution is 2.44. The van der Waals surface area contributed by atoms with Gasteiger partial charge in [0, 0.05) is 10.8 Å². The van der Waals surface area contributed by atoms with Crippen LogP contribution in [-0.4, -0.2) is 13.9 Å². The Morgan fingerprint density at radius 1 is 0.957 bits per heavy atom. The van der Waals surface area contributed by atoms with Crippen LogP contribution in [0.25, 0.3) is 32.7 Å². The van der Waals surface area contributed by atoms with Crippen LogP contribution in [0.1, 0.15) is 0 Å². The van der Waals surface area contributed by atoms with Crippen LogP contribution in [0.4, 0.5) is 0 Å². The lowest BCUT2D eigenvalue weighted by Gasteiger charge is -2.11. The van der Waals surface area contributed by atoms with Gasteiger partial charge in [0.05, 0.1) is 17.9 Å². The fraction of sp³-hybridized carbons (Fsp3) is 0.125. The largest absolute Gasteiger partial charge is 0.493 e. The standard InChI is InChI=1S/C16H8O7/c1-19-8-3-2-6-10-11-7(16(18)22-12(8)10)4-9-13(21-5-20-9)14(11)23-15(6)17/h2-4H,5H2,1H3. The Hall–Kier alpha value is -3.22. The maximum Gasteiger partial charge on any atom is 0.344 e. The lowest BCUT2D eigenvalue weighted by molar-refractivity contribution is 0.174. The van der Waals surface area contributed by atoms with E-state index in [1.165, 1.54) is 13.2 Å². The summed E-state index contributed by atoms with van der Waals surface area (Å²) in [5.41, 5.74) is -0.734. The van der Waals surface area contributed by atoms with Gasteiger partial charge in [-0.15, -0.1) is 0 Å². The van der Waals surface area contributed by atoms with Gasteiger partial charge < -0.3 is 23.0 Å². The van der Waals surface area contributed by atoms with Crippen molar-refractivity contribution in [3.63, 3.8) is 0 Å². The normalized spacial score (nSPS) is 13.4. The van der Waals surface area contributed by atoms with Gasteiger partial charge in [0.25, 0.3) is 0 Å². The highest BCUT2D eigenvalue weighted by molar-refractivity contribution is 6.21. The van der Waals surface area contributed by atoms with E-state index in [9.17, 15) is 9.59 Å². The number of rotatable bonds is 1. The minimum atomic E-state index is -0.569. The molecular weight excluding hydrogens is 304 g/mol. The van der Waals surface area contributed by atoms with E-state index in [4.69, 9.17) is 23.0 Å². The van der Waals surface area contributed by atoms with E-state index in [0.29, 0.717) is 33.4 Å². The number of ether oxygens (including phenoxy) is 3. The topological polar surface area (TPSA) is 88.1 Å². The molecule has 0 aliphatic carbocycles. The molecule has 0 spiro atoms.